The van der Waals surface area contributed by atoms with Crippen LogP contribution in [0.1, 0.15) is 12.5 Å². The molecule has 2 N–H and O–H groups in total. The Morgan fingerprint density at radius 2 is 2.24 bits per heavy atom. The summed E-state index contributed by atoms with van der Waals surface area (Å²) >= 11 is 5.76. The maximum absolute atomic E-state index is 11.7. The summed E-state index contributed by atoms with van der Waals surface area (Å²) in [5.74, 6) is -0.807. The van der Waals surface area contributed by atoms with Crippen LogP contribution in [0.3, 0.4) is 0 Å². The zero-order valence-corrected chi connectivity index (χ0v) is 9.56. The van der Waals surface area contributed by atoms with Crippen LogP contribution in [0, 0.1) is 10.1 Å². The number of nitrogens with zero attached hydrogens (tertiary/aromatic N) is 1. The Hall–Kier alpha value is -1.66. The number of carbonyl (C=O) groups excluding carboxylic acids is 1. The average Bonchev–Trinajstić information content (AvgIpc) is 2.52. The van der Waals surface area contributed by atoms with Crippen LogP contribution in [0.2, 0.25) is 5.02 Å². The number of rotatable bonds is 2. The number of halogens is 1. The fraction of sp³-hybridized carbons (Fsp3) is 0.300. The second-order valence-corrected chi connectivity index (χ2v) is 4.31. The predicted octanol–water partition coefficient (Wildman–Crippen LogP) is 1.14. The van der Waals surface area contributed by atoms with Gasteiger partial charge in [0.1, 0.15) is 0 Å². The lowest BCUT2D eigenvalue weighted by atomic mass is 9.89. The highest BCUT2D eigenvalue weighted by Crippen LogP contribution is 2.40. The van der Waals surface area contributed by atoms with Crippen LogP contribution in [0.5, 0.6) is 0 Å². The summed E-state index contributed by atoms with van der Waals surface area (Å²) in [6.45, 7) is 1.18. The predicted molar refractivity (Wildman–Crippen MR) is 60.4 cm³/mol. The van der Waals surface area contributed by atoms with Gasteiger partial charge >= 0.3 is 0 Å². The highest BCUT2D eigenvalue weighted by atomic mass is 35.5. The number of hydrogen-bond donors (Lipinski definition) is 2. The van der Waals surface area contributed by atoms with Crippen molar-refractivity contribution in [2.75, 3.05) is 5.32 Å². The van der Waals surface area contributed by atoms with Crippen LogP contribution in [-0.4, -0.2) is 22.0 Å². The number of benzene rings is 1. The van der Waals surface area contributed by atoms with Gasteiger partial charge in [-0.25, -0.2) is 0 Å². The van der Waals surface area contributed by atoms with Gasteiger partial charge in [0, 0.05) is 28.1 Å². The van der Waals surface area contributed by atoms with Gasteiger partial charge in [-0.2, -0.15) is 0 Å². The molecule has 90 valence electrons. The Morgan fingerprint density at radius 1 is 1.59 bits per heavy atom. The van der Waals surface area contributed by atoms with E-state index in [0.29, 0.717) is 10.7 Å². The lowest BCUT2D eigenvalue weighted by Gasteiger charge is -2.21. The summed E-state index contributed by atoms with van der Waals surface area (Å²) in [7, 11) is 0. The molecule has 2 atom stereocenters. The van der Waals surface area contributed by atoms with Crippen molar-refractivity contribution < 1.29 is 14.8 Å². The Morgan fingerprint density at radius 3 is 2.82 bits per heavy atom. The first kappa shape index (κ1) is 11.8. The molecule has 2 rings (SSSR count). The number of fused-ring (bicyclic) bond motifs is 1. The fourth-order valence-electron chi connectivity index (χ4n) is 1.85. The molecule has 0 spiro atoms. The van der Waals surface area contributed by atoms with Crippen LogP contribution < -0.4 is 5.32 Å². The highest BCUT2D eigenvalue weighted by Gasteiger charge is 2.55. The van der Waals surface area contributed by atoms with E-state index in [9.17, 15) is 20.0 Å². The van der Waals surface area contributed by atoms with E-state index < -0.39 is 22.5 Å². The monoisotopic (exact) mass is 256 g/mol. The third kappa shape index (κ3) is 1.57. The quantitative estimate of drug-likeness (QED) is 0.613. The third-order valence-corrected chi connectivity index (χ3v) is 3.14. The number of aliphatic hydroxyl groups is 1. The first-order valence-corrected chi connectivity index (χ1v) is 5.22. The van der Waals surface area contributed by atoms with E-state index in [-0.39, 0.29) is 5.56 Å². The first-order chi connectivity index (χ1) is 7.87. The van der Waals surface area contributed by atoms with Crippen LogP contribution in [0.4, 0.5) is 5.69 Å². The van der Waals surface area contributed by atoms with Gasteiger partial charge in [0.25, 0.3) is 11.9 Å². The van der Waals surface area contributed by atoms with Crippen molar-refractivity contribution in [3.05, 3.63) is 38.9 Å². The van der Waals surface area contributed by atoms with Crippen LogP contribution in [-0.2, 0) is 10.4 Å². The van der Waals surface area contributed by atoms with Crippen LogP contribution >= 0.6 is 11.6 Å². The molecule has 6 nitrogen and oxygen atoms in total. The number of anilines is 1. The molecule has 0 radical (unpaired) electrons. The molecular weight excluding hydrogens is 248 g/mol. The zero-order chi connectivity index (χ0) is 12.8. The molecule has 1 aromatic rings. The molecule has 1 aliphatic heterocycles. The molecular formula is C10H9ClN2O4. The molecule has 1 heterocycles. The Bertz CT molecular complexity index is 519. The van der Waals surface area contributed by atoms with Gasteiger partial charge in [-0.3, -0.25) is 14.9 Å². The normalized spacial score (nSPS) is 24.1. The van der Waals surface area contributed by atoms with Gasteiger partial charge in [0.2, 0.25) is 5.60 Å². The largest absolute Gasteiger partial charge is 0.370 e. The molecule has 0 saturated carbocycles. The van der Waals surface area contributed by atoms with E-state index in [1.54, 1.807) is 0 Å². The molecule has 0 saturated heterocycles. The SMILES string of the molecule is CC([N+](=O)[O-])C1(O)C(=O)Nc2ccc(Cl)cc21. The van der Waals surface area contributed by atoms with Gasteiger partial charge < -0.3 is 10.4 Å². The van der Waals surface area contributed by atoms with Gasteiger partial charge in [-0.15, -0.1) is 0 Å². The number of nitro groups is 1. The topological polar surface area (TPSA) is 92.5 Å². The minimum atomic E-state index is -2.18. The second-order valence-electron chi connectivity index (χ2n) is 3.87. The number of hydrogen-bond acceptors (Lipinski definition) is 4. The van der Waals surface area contributed by atoms with E-state index in [4.69, 9.17) is 11.6 Å². The summed E-state index contributed by atoms with van der Waals surface area (Å²) < 4.78 is 0. The number of carbonyl (C=O) groups is 1. The van der Waals surface area contributed by atoms with E-state index in [1.807, 2.05) is 0 Å². The molecule has 1 amide bonds. The van der Waals surface area contributed by atoms with Crippen LogP contribution in [0.25, 0.3) is 0 Å². The maximum atomic E-state index is 11.7. The van der Waals surface area contributed by atoms with Crippen molar-refractivity contribution in [3.63, 3.8) is 0 Å². The Balaban J connectivity index is 2.60. The fourth-order valence-corrected chi connectivity index (χ4v) is 2.02. The van der Waals surface area contributed by atoms with Crippen molar-refractivity contribution in [2.45, 2.75) is 18.6 Å². The van der Waals surface area contributed by atoms with Crippen molar-refractivity contribution in [3.8, 4) is 0 Å². The molecule has 1 aromatic carbocycles. The van der Waals surface area contributed by atoms with E-state index in [2.05, 4.69) is 5.32 Å². The van der Waals surface area contributed by atoms with Crippen LogP contribution in [0.15, 0.2) is 18.2 Å². The molecule has 0 bridgehead atoms. The molecule has 0 fully saturated rings. The molecule has 1 aliphatic rings. The number of nitrogens with one attached hydrogen (secondary N) is 1. The maximum Gasteiger partial charge on any atom is 0.268 e. The Kier molecular flexibility index (Phi) is 2.56. The average molecular weight is 257 g/mol. The standard InChI is InChI=1S/C10H9ClN2O4/c1-5(13(16)17)10(15)7-4-6(11)2-3-8(7)12-9(10)14/h2-5,15H,1H3,(H,12,14). The summed E-state index contributed by atoms with van der Waals surface area (Å²) in [5.41, 5.74) is -1.70. The van der Waals surface area contributed by atoms with Crippen molar-refractivity contribution in [2.24, 2.45) is 0 Å². The first-order valence-electron chi connectivity index (χ1n) is 4.84. The lowest BCUT2D eigenvalue weighted by Crippen LogP contribution is -2.47. The smallest absolute Gasteiger partial charge is 0.268 e. The van der Waals surface area contributed by atoms with Gasteiger partial charge in [-0.1, -0.05) is 11.6 Å². The minimum Gasteiger partial charge on any atom is -0.370 e. The van der Waals surface area contributed by atoms with Gasteiger partial charge in [0.15, 0.2) is 0 Å². The van der Waals surface area contributed by atoms with E-state index in [0.717, 1.165) is 0 Å². The zero-order valence-electron chi connectivity index (χ0n) is 8.81. The minimum absolute atomic E-state index is 0.138. The van der Waals surface area contributed by atoms with Crippen molar-refractivity contribution in [1.82, 2.24) is 0 Å². The van der Waals surface area contributed by atoms with E-state index in [1.165, 1.54) is 25.1 Å². The summed E-state index contributed by atoms with van der Waals surface area (Å²) in [6.07, 6.45) is 0. The van der Waals surface area contributed by atoms with Crippen molar-refractivity contribution >= 4 is 23.2 Å². The third-order valence-electron chi connectivity index (χ3n) is 2.91. The molecule has 2 unspecified atom stereocenters. The summed E-state index contributed by atoms with van der Waals surface area (Å²) in [4.78, 5) is 21.8. The molecule has 0 aliphatic carbocycles. The Labute approximate surface area is 101 Å². The number of amides is 1. The van der Waals surface area contributed by atoms with Gasteiger partial charge in [-0.05, 0) is 18.2 Å². The molecule has 7 heteroatoms. The molecule has 17 heavy (non-hydrogen) atoms. The lowest BCUT2D eigenvalue weighted by molar-refractivity contribution is -0.538. The van der Waals surface area contributed by atoms with Crippen molar-refractivity contribution in [1.29, 1.82) is 0 Å². The summed E-state index contributed by atoms with van der Waals surface area (Å²) in [5, 5.41) is 23.7. The molecule has 0 aromatic heterocycles. The van der Waals surface area contributed by atoms with Gasteiger partial charge in [0.05, 0.1) is 0 Å². The summed E-state index contributed by atoms with van der Waals surface area (Å²) in [6, 6.07) is 2.93. The second kappa shape index (κ2) is 3.68. The van der Waals surface area contributed by atoms with E-state index >= 15 is 0 Å². The highest BCUT2D eigenvalue weighted by molar-refractivity contribution is 6.31.